The molecule has 0 radical (unpaired) electrons. The second-order valence-corrected chi connectivity index (χ2v) is 9.92. The number of carboxylic acid groups (broad SMARTS) is 2. The quantitative estimate of drug-likeness (QED) is 0.197. The monoisotopic (exact) mass is 568 g/mol. The molecule has 4 aromatic carbocycles. The molecular weight excluding hydrogens is 547 g/mol. The Morgan fingerprint density at radius 2 is 1.50 bits per heavy atom. The number of carboxylic acids is 2. The van der Waals surface area contributed by atoms with Gasteiger partial charge in [-0.05, 0) is 70.8 Å². The maximum Gasteiger partial charge on any atom is 0.335 e. The molecule has 0 atom stereocenters. The Labute approximate surface area is 240 Å². The Balaban J connectivity index is 1.45. The Morgan fingerprint density at radius 3 is 2.17 bits per heavy atom. The molecule has 40 heavy (non-hydrogen) atoms. The molecule has 0 fully saturated rings. The molecule has 0 spiro atoms. The number of rotatable bonds is 8. The van der Waals surface area contributed by atoms with Crippen LogP contribution in [0.2, 0.25) is 10.0 Å². The van der Waals surface area contributed by atoms with E-state index in [0.717, 1.165) is 27.8 Å². The largest absolute Gasteiger partial charge is 0.478 e. The van der Waals surface area contributed by atoms with Crippen molar-refractivity contribution in [3.05, 3.63) is 135 Å². The van der Waals surface area contributed by atoms with E-state index < -0.39 is 11.9 Å². The van der Waals surface area contributed by atoms with Crippen molar-refractivity contribution in [2.24, 2.45) is 0 Å². The van der Waals surface area contributed by atoms with Gasteiger partial charge in [-0.25, -0.2) is 14.6 Å². The van der Waals surface area contributed by atoms with Gasteiger partial charge in [-0.2, -0.15) is 0 Å². The zero-order valence-electron chi connectivity index (χ0n) is 21.0. The fourth-order valence-corrected chi connectivity index (χ4v) is 4.76. The highest BCUT2D eigenvalue weighted by Crippen LogP contribution is 2.30. The van der Waals surface area contributed by atoms with Crippen LogP contribution in [0.1, 0.15) is 37.7 Å². The first kappa shape index (κ1) is 26.9. The third-order valence-corrected chi connectivity index (χ3v) is 6.89. The van der Waals surface area contributed by atoms with E-state index >= 15 is 0 Å². The van der Waals surface area contributed by atoms with Crippen LogP contribution in [0, 0.1) is 0 Å². The highest BCUT2D eigenvalue weighted by Gasteiger charge is 2.13. The first-order chi connectivity index (χ1) is 19.3. The fourth-order valence-electron chi connectivity index (χ4n) is 4.26. The highest BCUT2D eigenvalue weighted by atomic mass is 35.5. The zero-order chi connectivity index (χ0) is 28.2. The average Bonchev–Trinajstić information content (AvgIpc) is 3.34. The maximum absolute atomic E-state index is 11.3. The van der Waals surface area contributed by atoms with Crippen molar-refractivity contribution in [1.82, 2.24) is 9.55 Å². The summed E-state index contributed by atoms with van der Waals surface area (Å²) in [6.07, 6.45) is 5.74. The number of nitrogens with zero attached hydrogens (tertiary/aromatic N) is 2. The van der Waals surface area contributed by atoms with Crippen molar-refractivity contribution >= 4 is 47.3 Å². The van der Waals surface area contributed by atoms with E-state index in [-0.39, 0.29) is 11.1 Å². The number of imidazole rings is 1. The molecule has 6 nitrogen and oxygen atoms in total. The van der Waals surface area contributed by atoms with E-state index in [4.69, 9.17) is 28.2 Å². The number of halogens is 2. The lowest BCUT2D eigenvalue weighted by molar-refractivity contribution is 0.0686. The van der Waals surface area contributed by atoms with Crippen molar-refractivity contribution < 1.29 is 19.8 Å². The first-order valence-electron chi connectivity index (χ1n) is 12.2. The number of aromatic carboxylic acids is 2. The van der Waals surface area contributed by atoms with Crippen LogP contribution in [0.3, 0.4) is 0 Å². The molecule has 1 heterocycles. The van der Waals surface area contributed by atoms with Gasteiger partial charge in [-0.15, -0.1) is 0 Å². The van der Waals surface area contributed by atoms with Crippen LogP contribution in [0.4, 0.5) is 0 Å². The molecule has 5 aromatic rings. The molecule has 0 aliphatic heterocycles. The lowest BCUT2D eigenvalue weighted by atomic mass is 10.0. The van der Waals surface area contributed by atoms with Crippen LogP contribution in [0.15, 0.2) is 97.2 Å². The summed E-state index contributed by atoms with van der Waals surface area (Å²) in [6.45, 7) is 0.469. The van der Waals surface area contributed by atoms with Gasteiger partial charge in [0, 0.05) is 23.3 Å². The Bertz CT molecular complexity index is 1740. The van der Waals surface area contributed by atoms with Crippen LogP contribution in [0.5, 0.6) is 0 Å². The van der Waals surface area contributed by atoms with Gasteiger partial charge in [-0.3, -0.25) is 0 Å². The van der Waals surface area contributed by atoms with Crippen LogP contribution in [-0.2, 0) is 6.54 Å². The van der Waals surface area contributed by atoms with Crippen molar-refractivity contribution in [2.75, 3.05) is 0 Å². The summed E-state index contributed by atoms with van der Waals surface area (Å²) in [7, 11) is 0. The summed E-state index contributed by atoms with van der Waals surface area (Å²) in [5, 5.41) is 19.5. The number of aromatic nitrogens is 2. The van der Waals surface area contributed by atoms with Gasteiger partial charge in [0.05, 0.1) is 21.8 Å². The van der Waals surface area contributed by atoms with Gasteiger partial charge < -0.3 is 14.8 Å². The Kier molecular flexibility index (Phi) is 7.82. The van der Waals surface area contributed by atoms with E-state index in [0.29, 0.717) is 28.1 Å². The lowest BCUT2D eigenvalue weighted by Gasteiger charge is -2.06. The minimum absolute atomic E-state index is 0.223. The van der Waals surface area contributed by atoms with Gasteiger partial charge in [0.15, 0.2) is 0 Å². The average molecular weight is 569 g/mol. The van der Waals surface area contributed by atoms with Crippen molar-refractivity contribution in [3.8, 4) is 22.4 Å². The van der Waals surface area contributed by atoms with E-state index in [1.54, 1.807) is 54.6 Å². The molecule has 0 bridgehead atoms. The van der Waals surface area contributed by atoms with Gasteiger partial charge in [0.1, 0.15) is 5.82 Å². The van der Waals surface area contributed by atoms with E-state index in [1.807, 2.05) is 59.3 Å². The van der Waals surface area contributed by atoms with E-state index in [9.17, 15) is 19.8 Å². The molecule has 8 heteroatoms. The maximum atomic E-state index is 11.3. The first-order valence-corrected chi connectivity index (χ1v) is 13.0. The molecule has 0 saturated carbocycles. The topological polar surface area (TPSA) is 92.4 Å². The fraction of sp³-hybridized carbons (Fsp3) is 0.0312. The molecule has 2 N–H and O–H groups in total. The molecule has 0 aliphatic carbocycles. The van der Waals surface area contributed by atoms with Crippen molar-refractivity contribution in [1.29, 1.82) is 0 Å². The van der Waals surface area contributed by atoms with Gasteiger partial charge in [0.25, 0.3) is 0 Å². The molecule has 198 valence electrons. The van der Waals surface area contributed by atoms with Gasteiger partial charge >= 0.3 is 11.9 Å². The minimum atomic E-state index is -0.974. The van der Waals surface area contributed by atoms with Crippen LogP contribution >= 0.6 is 23.2 Å². The minimum Gasteiger partial charge on any atom is -0.478 e. The normalized spacial score (nSPS) is 11.2. The summed E-state index contributed by atoms with van der Waals surface area (Å²) < 4.78 is 1.97. The second-order valence-electron chi connectivity index (χ2n) is 9.08. The molecule has 1 aromatic heterocycles. The molecule has 0 saturated heterocycles. The predicted molar refractivity (Wildman–Crippen MR) is 158 cm³/mol. The summed E-state index contributed by atoms with van der Waals surface area (Å²) >= 11 is 12.5. The van der Waals surface area contributed by atoms with Crippen LogP contribution < -0.4 is 0 Å². The standard InChI is InChI=1S/C32H22Cl2N2O4/c33-26-13-14-27(28(34)17-26)29-19-36(18-21-6-11-23(12-7-21)31(37)38)30(35-29)15-8-20-4-9-22(10-5-20)24-2-1-3-25(16-24)32(39)40/h1-17,19H,18H2,(H,37,38)(H,39,40). The molecular formula is C32H22Cl2N2O4. The summed E-state index contributed by atoms with van der Waals surface area (Å²) in [5.74, 6) is -1.26. The van der Waals surface area contributed by atoms with E-state index in [2.05, 4.69) is 0 Å². The lowest BCUT2D eigenvalue weighted by Crippen LogP contribution is -2.02. The van der Waals surface area contributed by atoms with Crippen LogP contribution in [-0.4, -0.2) is 31.7 Å². The molecule has 0 aliphatic rings. The van der Waals surface area contributed by atoms with Gasteiger partial charge in [0.2, 0.25) is 0 Å². The molecule has 5 rings (SSSR count). The van der Waals surface area contributed by atoms with E-state index in [1.165, 1.54) is 0 Å². The van der Waals surface area contributed by atoms with Crippen molar-refractivity contribution in [3.63, 3.8) is 0 Å². The summed E-state index contributed by atoms with van der Waals surface area (Å²) in [6, 6.07) is 26.6. The molecule has 0 unspecified atom stereocenters. The third-order valence-electron chi connectivity index (χ3n) is 6.35. The number of hydrogen-bond donors (Lipinski definition) is 2. The summed E-state index contributed by atoms with van der Waals surface area (Å²) in [5.41, 5.74) is 5.47. The highest BCUT2D eigenvalue weighted by molar-refractivity contribution is 6.36. The zero-order valence-corrected chi connectivity index (χ0v) is 22.5. The number of benzene rings is 4. The Hall–Kier alpha value is -4.65. The van der Waals surface area contributed by atoms with Crippen molar-refractivity contribution in [2.45, 2.75) is 6.54 Å². The second kappa shape index (κ2) is 11.6. The number of hydrogen-bond acceptors (Lipinski definition) is 3. The number of carbonyl (C=O) groups is 2. The SMILES string of the molecule is O=C(O)c1ccc(Cn2cc(-c3ccc(Cl)cc3Cl)nc2C=Cc2ccc(-c3cccc(C(=O)O)c3)cc2)cc1. The Morgan fingerprint density at radius 1 is 0.775 bits per heavy atom. The van der Waals surface area contributed by atoms with Gasteiger partial charge in [-0.1, -0.05) is 77.8 Å². The van der Waals surface area contributed by atoms with Crippen LogP contribution in [0.25, 0.3) is 34.5 Å². The molecule has 0 amide bonds. The smallest absolute Gasteiger partial charge is 0.335 e. The summed E-state index contributed by atoms with van der Waals surface area (Å²) in [4.78, 5) is 27.4. The predicted octanol–water partition coefficient (Wildman–Crippen LogP) is 8.14. The third kappa shape index (κ3) is 6.15.